The number of hydrogen-bond acceptors (Lipinski definition) is 11. The molecule has 6 aromatic rings. The van der Waals surface area contributed by atoms with Crippen molar-refractivity contribution in [2.24, 2.45) is 4.99 Å². The van der Waals surface area contributed by atoms with Gasteiger partial charge in [0.25, 0.3) is 22.7 Å². The molecule has 3 aromatic carbocycles. The van der Waals surface area contributed by atoms with Crippen LogP contribution in [0.1, 0.15) is 55.7 Å². The minimum Gasteiger partial charge on any atom is -0.376 e. The van der Waals surface area contributed by atoms with Gasteiger partial charge in [-0.2, -0.15) is 5.21 Å². The standard InChI is InChI=1S/C31H24FN11O4/c1-33-24-25(27(45)26(24)44)35-14-18-10-15(2-6-20(18)32)13-36-30(47)23-12-22(38-31-34-8-9-43(23)31)29(46)37-21-7-4-16-11-17(3-5-19(16)21)28-39-41-42-40-28/h2-3,5-6,8-12,21,35H,1,4,7,13-14H2,(H,36,47)(H,37,46)(H,39,40,41,42)/t21-/m0/s1. The Morgan fingerprint density at radius 1 is 1.09 bits per heavy atom. The number of halogens is 1. The highest BCUT2D eigenvalue weighted by molar-refractivity contribution is 5.98. The van der Waals surface area contributed by atoms with Gasteiger partial charge in [-0.25, -0.2) is 14.4 Å². The van der Waals surface area contributed by atoms with Gasteiger partial charge in [0.15, 0.2) is 0 Å². The van der Waals surface area contributed by atoms with Gasteiger partial charge in [-0.3, -0.25) is 28.6 Å². The second kappa shape index (κ2) is 11.8. The van der Waals surface area contributed by atoms with Crippen LogP contribution in [0.4, 0.5) is 15.8 Å². The van der Waals surface area contributed by atoms with Crippen LogP contribution in [0, 0.1) is 5.82 Å². The Kier molecular flexibility index (Phi) is 7.35. The Labute approximate surface area is 263 Å². The van der Waals surface area contributed by atoms with Gasteiger partial charge in [-0.1, -0.05) is 18.2 Å². The summed E-state index contributed by atoms with van der Waals surface area (Å²) < 4.78 is 16.0. The number of hydrogen-bond donors (Lipinski definition) is 4. The highest BCUT2D eigenvalue weighted by Crippen LogP contribution is 2.33. The number of aryl methyl sites for hydroxylation is 1. The zero-order chi connectivity index (χ0) is 32.7. The Morgan fingerprint density at radius 2 is 1.96 bits per heavy atom. The quantitative estimate of drug-likeness (QED) is 0.128. The molecule has 4 N–H and O–H groups in total. The van der Waals surface area contributed by atoms with E-state index in [9.17, 15) is 23.6 Å². The summed E-state index contributed by atoms with van der Waals surface area (Å²) in [4.78, 5) is 62.2. The fourth-order valence-electron chi connectivity index (χ4n) is 5.64. The Bertz CT molecular complexity index is 2270. The van der Waals surface area contributed by atoms with Crippen LogP contribution in [0.5, 0.6) is 0 Å². The Morgan fingerprint density at radius 3 is 2.77 bits per heavy atom. The molecule has 3 heterocycles. The molecule has 2 amide bonds. The average Bonchev–Trinajstić information content (AvgIpc) is 3.87. The Balaban J connectivity index is 1.05. The maximum Gasteiger partial charge on any atom is 0.270 e. The predicted molar refractivity (Wildman–Crippen MR) is 167 cm³/mol. The topological polar surface area (TPSA) is 201 Å². The van der Waals surface area contributed by atoms with Crippen LogP contribution in [-0.2, 0) is 19.5 Å². The van der Waals surface area contributed by atoms with Crippen LogP contribution in [0.3, 0.4) is 0 Å². The van der Waals surface area contributed by atoms with Crippen molar-refractivity contribution in [1.82, 2.24) is 45.6 Å². The first-order valence-electron chi connectivity index (χ1n) is 14.4. The molecular formula is C31H24FN11O4. The van der Waals surface area contributed by atoms with Crippen molar-refractivity contribution in [3.05, 3.63) is 115 Å². The molecule has 0 radical (unpaired) electrons. The lowest BCUT2D eigenvalue weighted by Crippen LogP contribution is -2.33. The fraction of sp³-hybridized carbons (Fsp3) is 0.161. The molecule has 0 unspecified atom stereocenters. The smallest absolute Gasteiger partial charge is 0.270 e. The van der Waals surface area contributed by atoms with E-state index in [2.05, 4.69) is 58.3 Å². The van der Waals surface area contributed by atoms with Crippen LogP contribution in [0.15, 0.2) is 69.4 Å². The molecule has 234 valence electrons. The van der Waals surface area contributed by atoms with Gasteiger partial charge in [-0.15, -0.1) is 10.2 Å². The first-order chi connectivity index (χ1) is 22.8. The number of anilines is 1. The number of aromatic nitrogens is 7. The molecule has 3 aromatic heterocycles. The molecule has 0 spiro atoms. The van der Waals surface area contributed by atoms with Crippen molar-refractivity contribution >= 4 is 35.7 Å². The molecule has 0 bridgehead atoms. The summed E-state index contributed by atoms with van der Waals surface area (Å²) in [6.07, 6.45) is 4.46. The largest absolute Gasteiger partial charge is 0.376 e. The van der Waals surface area contributed by atoms with Gasteiger partial charge >= 0.3 is 0 Å². The van der Waals surface area contributed by atoms with Gasteiger partial charge in [-0.05, 0) is 65.7 Å². The number of fused-ring (bicyclic) bond motifs is 2. The fourth-order valence-corrected chi connectivity index (χ4v) is 5.64. The molecule has 0 fully saturated rings. The third-order valence-corrected chi connectivity index (χ3v) is 8.03. The third-order valence-electron chi connectivity index (χ3n) is 8.03. The second-order valence-electron chi connectivity index (χ2n) is 10.8. The molecular weight excluding hydrogens is 609 g/mol. The van der Waals surface area contributed by atoms with E-state index >= 15 is 0 Å². The predicted octanol–water partition coefficient (Wildman–Crippen LogP) is 1.94. The summed E-state index contributed by atoms with van der Waals surface area (Å²) in [7, 11) is 0. The number of tetrazole rings is 1. The molecule has 0 saturated heterocycles. The first kappa shape index (κ1) is 29.3. The number of nitrogens with one attached hydrogen (secondary N) is 4. The van der Waals surface area contributed by atoms with Crippen molar-refractivity contribution in [3.63, 3.8) is 0 Å². The number of rotatable bonds is 10. The van der Waals surface area contributed by atoms with Crippen LogP contribution in [0.2, 0.25) is 0 Å². The zero-order valence-corrected chi connectivity index (χ0v) is 24.5. The summed E-state index contributed by atoms with van der Waals surface area (Å²) in [5, 5.41) is 22.6. The SMILES string of the molecule is C=Nc1c(NCc2cc(CNC(=O)c3cc(C(=O)N[C@H]4CCc5cc(-c6nn[nH]n6)ccc54)nc4nccn34)ccc2F)c(=O)c1=O. The van der Waals surface area contributed by atoms with E-state index < -0.39 is 28.5 Å². The van der Waals surface area contributed by atoms with Crippen molar-refractivity contribution in [2.45, 2.75) is 32.0 Å². The van der Waals surface area contributed by atoms with E-state index in [0.29, 0.717) is 17.8 Å². The molecule has 1 aliphatic carbocycles. The average molecular weight is 634 g/mol. The number of aliphatic imine (C=N–C) groups is 1. The summed E-state index contributed by atoms with van der Waals surface area (Å²) in [5.41, 5.74) is 2.20. The monoisotopic (exact) mass is 633 g/mol. The first-order valence-corrected chi connectivity index (χ1v) is 14.4. The van der Waals surface area contributed by atoms with Gasteiger partial charge in [0.05, 0.1) is 6.04 Å². The normalized spacial score (nSPS) is 13.9. The highest BCUT2D eigenvalue weighted by atomic mass is 19.1. The number of carbonyl (C=O) groups is 2. The van der Waals surface area contributed by atoms with E-state index in [4.69, 9.17) is 0 Å². The molecule has 1 atom stereocenters. The van der Waals surface area contributed by atoms with Crippen molar-refractivity contribution in [2.75, 3.05) is 5.32 Å². The third kappa shape index (κ3) is 5.41. The number of H-pyrrole nitrogens is 1. The Hall–Kier alpha value is -6.45. The lowest BCUT2D eigenvalue weighted by Gasteiger charge is -2.15. The van der Waals surface area contributed by atoms with E-state index in [0.717, 1.165) is 23.1 Å². The molecule has 0 aliphatic heterocycles. The van der Waals surface area contributed by atoms with E-state index in [1.165, 1.54) is 34.9 Å². The summed E-state index contributed by atoms with van der Waals surface area (Å²) in [5.74, 6) is -0.864. The summed E-state index contributed by atoms with van der Waals surface area (Å²) in [6, 6.07) is 11.2. The van der Waals surface area contributed by atoms with E-state index in [-0.39, 0.29) is 53.2 Å². The second-order valence-corrected chi connectivity index (χ2v) is 10.8. The van der Waals surface area contributed by atoms with Crippen LogP contribution in [0.25, 0.3) is 17.2 Å². The minimum absolute atomic E-state index is 0.0169. The summed E-state index contributed by atoms with van der Waals surface area (Å²) >= 11 is 0. The number of imidazole rings is 1. The number of amides is 2. The molecule has 15 nitrogen and oxygen atoms in total. The zero-order valence-electron chi connectivity index (χ0n) is 24.5. The molecule has 1 aliphatic rings. The lowest BCUT2D eigenvalue weighted by atomic mass is 10.0. The van der Waals surface area contributed by atoms with E-state index in [1.54, 1.807) is 6.20 Å². The minimum atomic E-state index is -0.747. The van der Waals surface area contributed by atoms with Gasteiger partial charge < -0.3 is 16.0 Å². The van der Waals surface area contributed by atoms with Crippen LogP contribution < -0.4 is 26.8 Å². The van der Waals surface area contributed by atoms with Crippen molar-refractivity contribution in [3.8, 4) is 11.4 Å². The van der Waals surface area contributed by atoms with Crippen LogP contribution in [-0.4, -0.2) is 53.5 Å². The molecule has 16 heteroatoms. The lowest BCUT2D eigenvalue weighted by molar-refractivity contribution is 0.0931. The number of aromatic amines is 1. The molecule has 47 heavy (non-hydrogen) atoms. The number of nitrogens with zero attached hydrogens (tertiary/aromatic N) is 7. The number of carbonyl (C=O) groups excluding carboxylic acids is 2. The molecule has 0 saturated carbocycles. The van der Waals surface area contributed by atoms with Gasteiger partial charge in [0.1, 0.15) is 28.6 Å². The van der Waals surface area contributed by atoms with Crippen molar-refractivity contribution < 1.29 is 14.0 Å². The van der Waals surface area contributed by atoms with E-state index in [1.807, 2.05) is 18.2 Å². The maximum atomic E-state index is 14.5. The summed E-state index contributed by atoms with van der Waals surface area (Å²) in [6.45, 7) is 3.20. The highest BCUT2D eigenvalue weighted by Gasteiger charge is 2.27. The van der Waals surface area contributed by atoms with Gasteiger partial charge in [0, 0.05) is 36.6 Å². The molecule has 7 rings (SSSR count). The van der Waals surface area contributed by atoms with Crippen LogP contribution >= 0.6 is 0 Å². The van der Waals surface area contributed by atoms with Gasteiger partial charge in [0.2, 0.25) is 11.6 Å². The maximum absolute atomic E-state index is 14.5. The van der Waals surface area contributed by atoms with Crippen molar-refractivity contribution in [1.29, 1.82) is 0 Å². The number of benzene rings is 2.